The molecule has 16 heavy (non-hydrogen) atoms. The van der Waals surface area contributed by atoms with Crippen LogP contribution in [0.2, 0.25) is 0 Å². The summed E-state index contributed by atoms with van der Waals surface area (Å²) in [7, 11) is -3.16. The van der Waals surface area contributed by atoms with Gasteiger partial charge >= 0.3 is 0 Å². The number of nitrogens with one attached hydrogen (secondary N) is 1. The number of hydrogen-bond acceptors (Lipinski definition) is 2. The first-order valence-electron chi connectivity index (χ1n) is 6.00. The smallest absolute Gasteiger partial charge is 0.212 e. The van der Waals surface area contributed by atoms with Crippen molar-refractivity contribution in [2.75, 3.05) is 11.6 Å². The number of hydrogen-bond donors (Lipinski definition) is 1. The predicted molar refractivity (Wildman–Crippen MR) is 68.2 cm³/mol. The van der Waals surface area contributed by atoms with E-state index < -0.39 is 10.0 Å². The van der Waals surface area contributed by atoms with Gasteiger partial charge in [0.25, 0.3) is 0 Å². The van der Waals surface area contributed by atoms with Crippen molar-refractivity contribution in [2.45, 2.75) is 45.6 Å². The van der Waals surface area contributed by atoms with Crippen LogP contribution in [0.25, 0.3) is 0 Å². The molecule has 0 saturated heterocycles. The van der Waals surface area contributed by atoms with Crippen molar-refractivity contribution >= 4 is 21.6 Å². The summed E-state index contributed by atoms with van der Waals surface area (Å²) in [6.07, 6.45) is 4.44. The molecule has 1 N–H and O–H groups in total. The van der Waals surface area contributed by atoms with Crippen LogP contribution in [-0.4, -0.2) is 26.1 Å². The fourth-order valence-corrected chi connectivity index (χ4v) is 4.20. The van der Waals surface area contributed by atoms with Crippen LogP contribution in [0.4, 0.5) is 0 Å². The first-order valence-corrected chi connectivity index (χ1v) is 8.19. The Bertz CT molecular complexity index is 305. The minimum Gasteiger partial charge on any atom is -0.212 e. The Morgan fingerprint density at radius 1 is 1.38 bits per heavy atom. The van der Waals surface area contributed by atoms with Gasteiger partial charge in [-0.3, -0.25) is 0 Å². The van der Waals surface area contributed by atoms with Gasteiger partial charge < -0.3 is 0 Å². The van der Waals surface area contributed by atoms with Crippen molar-refractivity contribution in [1.29, 1.82) is 0 Å². The van der Waals surface area contributed by atoms with Crippen LogP contribution in [0.1, 0.15) is 39.5 Å². The van der Waals surface area contributed by atoms with Crippen molar-refractivity contribution in [3.05, 3.63) is 0 Å². The second kappa shape index (κ2) is 6.22. The van der Waals surface area contributed by atoms with E-state index in [4.69, 9.17) is 11.6 Å². The molecule has 1 saturated carbocycles. The molecule has 0 bridgehead atoms. The molecule has 1 aliphatic carbocycles. The van der Waals surface area contributed by atoms with Crippen molar-refractivity contribution in [3.8, 4) is 0 Å². The molecule has 0 heterocycles. The van der Waals surface area contributed by atoms with E-state index in [1.165, 1.54) is 6.42 Å². The van der Waals surface area contributed by atoms with Crippen LogP contribution in [0.3, 0.4) is 0 Å². The molecule has 1 rings (SSSR count). The SMILES string of the molecule is CC(CCl)CS(=O)(=O)NC1CCCCC1C. The molecule has 1 fully saturated rings. The van der Waals surface area contributed by atoms with Crippen molar-refractivity contribution in [2.24, 2.45) is 11.8 Å². The summed E-state index contributed by atoms with van der Waals surface area (Å²) in [6.45, 7) is 3.98. The van der Waals surface area contributed by atoms with E-state index >= 15 is 0 Å². The maximum Gasteiger partial charge on any atom is 0.212 e. The lowest BCUT2D eigenvalue weighted by Gasteiger charge is -2.29. The average Bonchev–Trinajstić information content (AvgIpc) is 2.20. The molecule has 3 nitrogen and oxygen atoms in total. The van der Waals surface area contributed by atoms with Gasteiger partial charge in [0, 0.05) is 11.9 Å². The Kier molecular flexibility index (Phi) is 5.54. The zero-order chi connectivity index (χ0) is 12.2. The molecule has 0 aromatic carbocycles. The fourth-order valence-electron chi connectivity index (χ4n) is 2.19. The van der Waals surface area contributed by atoms with E-state index in [9.17, 15) is 8.42 Å². The van der Waals surface area contributed by atoms with E-state index in [2.05, 4.69) is 11.6 Å². The highest BCUT2D eigenvalue weighted by atomic mass is 35.5. The van der Waals surface area contributed by atoms with E-state index in [-0.39, 0.29) is 17.7 Å². The molecule has 0 aromatic heterocycles. The Labute approximate surface area is 104 Å². The van der Waals surface area contributed by atoms with Crippen LogP contribution in [0.5, 0.6) is 0 Å². The lowest BCUT2D eigenvalue weighted by molar-refractivity contribution is 0.310. The highest BCUT2D eigenvalue weighted by Gasteiger charge is 2.26. The second-order valence-corrected chi connectivity index (χ2v) is 7.13. The van der Waals surface area contributed by atoms with Crippen LogP contribution in [0.15, 0.2) is 0 Å². The molecule has 0 spiro atoms. The number of rotatable bonds is 5. The molecule has 96 valence electrons. The molecule has 0 radical (unpaired) electrons. The maximum atomic E-state index is 11.8. The van der Waals surface area contributed by atoms with E-state index in [0.717, 1.165) is 19.3 Å². The predicted octanol–water partition coefficient (Wildman–Crippen LogP) is 2.36. The van der Waals surface area contributed by atoms with Crippen molar-refractivity contribution in [3.63, 3.8) is 0 Å². The number of sulfonamides is 1. The Hall–Kier alpha value is 0.200. The average molecular weight is 268 g/mol. The van der Waals surface area contributed by atoms with Gasteiger partial charge in [-0.1, -0.05) is 26.7 Å². The van der Waals surface area contributed by atoms with Gasteiger partial charge in [0.2, 0.25) is 10.0 Å². The molecule has 0 aromatic rings. The summed E-state index contributed by atoms with van der Waals surface area (Å²) in [5.41, 5.74) is 0. The van der Waals surface area contributed by atoms with Gasteiger partial charge in [0.15, 0.2) is 0 Å². The minimum absolute atomic E-state index is 0.0121. The first-order chi connectivity index (χ1) is 7.44. The molecule has 0 amide bonds. The monoisotopic (exact) mass is 267 g/mol. The largest absolute Gasteiger partial charge is 0.212 e. The van der Waals surface area contributed by atoms with Gasteiger partial charge in [-0.2, -0.15) is 0 Å². The molecular formula is C11H22ClNO2S. The van der Waals surface area contributed by atoms with E-state index in [1.807, 2.05) is 6.92 Å². The quantitative estimate of drug-likeness (QED) is 0.778. The molecule has 3 atom stereocenters. The Morgan fingerprint density at radius 2 is 2.00 bits per heavy atom. The minimum atomic E-state index is -3.16. The molecule has 1 aliphatic rings. The van der Waals surface area contributed by atoms with E-state index in [0.29, 0.717) is 11.8 Å². The summed E-state index contributed by atoms with van der Waals surface area (Å²) < 4.78 is 26.5. The van der Waals surface area contributed by atoms with Gasteiger partial charge in [0.05, 0.1) is 5.75 Å². The van der Waals surface area contributed by atoms with Crippen LogP contribution >= 0.6 is 11.6 Å². The summed E-state index contributed by atoms with van der Waals surface area (Å²) >= 11 is 5.64. The van der Waals surface area contributed by atoms with Crippen LogP contribution in [0, 0.1) is 11.8 Å². The third-order valence-corrected chi connectivity index (χ3v) is 5.41. The molecule has 3 unspecified atom stereocenters. The topological polar surface area (TPSA) is 46.2 Å². The summed E-state index contributed by atoms with van der Waals surface area (Å²) in [6, 6.07) is 0.126. The Morgan fingerprint density at radius 3 is 2.56 bits per heavy atom. The highest BCUT2D eigenvalue weighted by Crippen LogP contribution is 2.24. The molecule has 0 aliphatic heterocycles. The van der Waals surface area contributed by atoms with Crippen LogP contribution in [-0.2, 0) is 10.0 Å². The lowest BCUT2D eigenvalue weighted by Crippen LogP contribution is -2.43. The highest BCUT2D eigenvalue weighted by molar-refractivity contribution is 7.89. The van der Waals surface area contributed by atoms with Gasteiger partial charge in [-0.25, -0.2) is 13.1 Å². The lowest BCUT2D eigenvalue weighted by atomic mass is 9.87. The number of alkyl halides is 1. The summed E-state index contributed by atoms with van der Waals surface area (Å²) in [4.78, 5) is 0. The zero-order valence-electron chi connectivity index (χ0n) is 10.1. The zero-order valence-corrected chi connectivity index (χ0v) is 11.6. The summed E-state index contributed by atoms with van der Waals surface area (Å²) in [5.74, 6) is 0.994. The third kappa shape index (κ3) is 4.60. The molecule has 5 heteroatoms. The first kappa shape index (κ1) is 14.3. The normalized spacial score (nSPS) is 28.9. The third-order valence-electron chi connectivity index (χ3n) is 3.21. The van der Waals surface area contributed by atoms with Gasteiger partial charge in [-0.05, 0) is 24.7 Å². The standard InChI is InChI=1S/C11H22ClNO2S/c1-9(7-12)8-16(14,15)13-11-6-4-3-5-10(11)2/h9-11,13H,3-8H2,1-2H3. The Balaban J connectivity index is 2.51. The van der Waals surface area contributed by atoms with Crippen molar-refractivity contribution in [1.82, 2.24) is 4.72 Å². The van der Waals surface area contributed by atoms with Gasteiger partial charge in [-0.15, -0.1) is 11.6 Å². The van der Waals surface area contributed by atoms with Gasteiger partial charge in [0.1, 0.15) is 0 Å². The summed E-state index contributed by atoms with van der Waals surface area (Å²) in [5, 5.41) is 0. The van der Waals surface area contributed by atoms with E-state index in [1.54, 1.807) is 0 Å². The second-order valence-electron chi connectivity index (χ2n) is 5.03. The molecular weight excluding hydrogens is 246 g/mol. The number of halogens is 1. The fraction of sp³-hybridized carbons (Fsp3) is 1.00. The van der Waals surface area contributed by atoms with Crippen LogP contribution < -0.4 is 4.72 Å². The maximum absolute atomic E-state index is 11.8. The van der Waals surface area contributed by atoms with Crippen molar-refractivity contribution < 1.29 is 8.42 Å².